The summed E-state index contributed by atoms with van der Waals surface area (Å²) in [7, 11) is 3.78. The fourth-order valence-electron chi connectivity index (χ4n) is 3.33. The molecule has 2 rings (SSSR count). The van der Waals surface area contributed by atoms with Crippen molar-refractivity contribution >= 4 is 30.4 Å². The van der Waals surface area contributed by atoms with Crippen molar-refractivity contribution in [3.8, 4) is 0 Å². The lowest BCUT2D eigenvalue weighted by atomic mass is 9.78. The zero-order valence-corrected chi connectivity index (χ0v) is 19.1. The maximum absolute atomic E-state index is 13.2. The van der Waals surface area contributed by atoms with E-state index in [0.717, 1.165) is 11.0 Å². The molecule has 2 N–H and O–H groups in total. The molecule has 0 aromatic heterocycles. The van der Waals surface area contributed by atoms with Crippen molar-refractivity contribution in [2.75, 3.05) is 21.3 Å². The predicted molar refractivity (Wildman–Crippen MR) is 121 cm³/mol. The van der Waals surface area contributed by atoms with Crippen molar-refractivity contribution in [2.24, 2.45) is 0 Å². The van der Waals surface area contributed by atoms with Crippen molar-refractivity contribution < 1.29 is 32.8 Å². The summed E-state index contributed by atoms with van der Waals surface area (Å²) in [5.74, 6) is -1.99. The first-order valence-corrected chi connectivity index (χ1v) is 10.3. The normalized spacial score (nSPS) is 12.4. The Morgan fingerprint density at radius 2 is 1.36 bits per heavy atom. The van der Waals surface area contributed by atoms with Crippen LogP contribution in [0.3, 0.4) is 0 Å². The van der Waals surface area contributed by atoms with Gasteiger partial charge in [0.05, 0.1) is 7.11 Å². The number of halogens is 1. The maximum Gasteiger partial charge on any atom is 0.493 e. The molecule has 0 aliphatic carbocycles. The highest BCUT2D eigenvalue weighted by molar-refractivity contribution is 6.61. The van der Waals surface area contributed by atoms with Gasteiger partial charge in [0.15, 0.2) is 0 Å². The van der Waals surface area contributed by atoms with Crippen LogP contribution in [0.15, 0.2) is 48.5 Å². The van der Waals surface area contributed by atoms with Crippen molar-refractivity contribution in [1.82, 2.24) is 10.6 Å². The number of nitrogens with one attached hydrogen (secondary N) is 2. The standard InChI is InChI=1S/C23H28BFN2O6/c1-15(28)26-20(13-17-7-11-19(25)12-8-17)22(29)27-21(23(30)31-2)14-16-5-9-18(10-6-16)24(32-3)33-4/h5-12,20-21H,13-14H2,1-4H3,(H,26,28)(H,27,29)/t20-,21-/m0/s1. The van der Waals surface area contributed by atoms with Gasteiger partial charge in [-0.25, -0.2) is 9.18 Å². The predicted octanol–water partition coefficient (Wildman–Crippen LogP) is 0.761. The summed E-state index contributed by atoms with van der Waals surface area (Å²) in [4.78, 5) is 36.9. The van der Waals surface area contributed by atoms with E-state index in [9.17, 15) is 18.8 Å². The smallest absolute Gasteiger partial charge is 0.467 e. The summed E-state index contributed by atoms with van der Waals surface area (Å²) in [6.45, 7) is 1.29. The van der Waals surface area contributed by atoms with Gasteiger partial charge in [-0.15, -0.1) is 0 Å². The molecule has 0 heterocycles. The summed E-state index contributed by atoms with van der Waals surface area (Å²) < 4.78 is 28.5. The molecule has 0 radical (unpaired) electrons. The Bertz CT molecular complexity index is 935. The maximum atomic E-state index is 13.2. The third kappa shape index (κ3) is 8.00. The van der Waals surface area contributed by atoms with Crippen molar-refractivity contribution in [2.45, 2.75) is 31.8 Å². The van der Waals surface area contributed by atoms with Crippen LogP contribution < -0.4 is 16.1 Å². The third-order valence-corrected chi connectivity index (χ3v) is 4.97. The zero-order valence-electron chi connectivity index (χ0n) is 19.1. The van der Waals surface area contributed by atoms with E-state index in [2.05, 4.69) is 10.6 Å². The Balaban J connectivity index is 2.15. The van der Waals surface area contributed by atoms with E-state index in [0.29, 0.717) is 5.56 Å². The van der Waals surface area contributed by atoms with Crippen molar-refractivity contribution in [1.29, 1.82) is 0 Å². The largest absolute Gasteiger partial charge is 0.493 e. The monoisotopic (exact) mass is 458 g/mol. The molecule has 2 aromatic rings. The minimum atomic E-state index is -0.974. The van der Waals surface area contributed by atoms with Crippen LogP contribution in [-0.4, -0.2) is 58.3 Å². The highest BCUT2D eigenvalue weighted by Crippen LogP contribution is 2.09. The van der Waals surface area contributed by atoms with Crippen LogP contribution in [0, 0.1) is 5.82 Å². The number of esters is 1. The molecule has 2 amide bonds. The Morgan fingerprint density at radius 3 is 1.85 bits per heavy atom. The molecule has 0 bridgehead atoms. The first-order valence-electron chi connectivity index (χ1n) is 10.3. The number of ether oxygens (including phenoxy) is 1. The van der Waals surface area contributed by atoms with Crippen LogP contribution in [0.4, 0.5) is 4.39 Å². The first kappa shape index (κ1) is 26.0. The van der Waals surface area contributed by atoms with E-state index in [1.807, 2.05) is 0 Å². The molecule has 0 aliphatic rings. The summed E-state index contributed by atoms with van der Waals surface area (Å²) in [6.07, 6.45) is 0.302. The Kier molecular flexibility index (Phi) is 10.0. The second kappa shape index (κ2) is 12.7. The molecule has 8 nitrogen and oxygen atoms in total. The molecule has 0 spiro atoms. The van der Waals surface area contributed by atoms with E-state index in [1.54, 1.807) is 24.3 Å². The van der Waals surface area contributed by atoms with E-state index in [-0.39, 0.29) is 12.8 Å². The Hall–Kier alpha value is -3.24. The van der Waals surface area contributed by atoms with Crippen LogP contribution >= 0.6 is 0 Å². The second-order valence-electron chi connectivity index (χ2n) is 7.42. The fraction of sp³-hybridized carbons (Fsp3) is 0.348. The Labute approximate surface area is 192 Å². The third-order valence-electron chi connectivity index (χ3n) is 4.97. The van der Waals surface area contributed by atoms with Crippen LogP contribution in [0.1, 0.15) is 18.1 Å². The number of carbonyl (C=O) groups is 3. The second-order valence-corrected chi connectivity index (χ2v) is 7.42. The zero-order chi connectivity index (χ0) is 24.4. The average molecular weight is 458 g/mol. The molecule has 176 valence electrons. The van der Waals surface area contributed by atoms with Crippen LogP contribution in [-0.2, 0) is 41.3 Å². The quantitative estimate of drug-likeness (QED) is 0.381. The van der Waals surface area contributed by atoms with Crippen molar-refractivity contribution in [3.63, 3.8) is 0 Å². The highest BCUT2D eigenvalue weighted by Gasteiger charge is 2.27. The molecule has 0 unspecified atom stereocenters. The van der Waals surface area contributed by atoms with Gasteiger partial charge in [-0.3, -0.25) is 9.59 Å². The minimum Gasteiger partial charge on any atom is -0.467 e. The number of hydrogen-bond donors (Lipinski definition) is 2. The van der Waals surface area contributed by atoms with Gasteiger partial charge in [0.25, 0.3) is 0 Å². The van der Waals surface area contributed by atoms with Crippen LogP contribution in [0.5, 0.6) is 0 Å². The molecular formula is C23H28BFN2O6. The average Bonchev–Trinajstić information content (AvgIpc) is 2.80. The van der Waals surface area contributed by atoms with Gasteiger partial charge >= 0.3 is 13.1 Å². The molecule has 2 aromatic carbocycles. The van der Waals surface area contributed by atoms with Gasteiger partial charge in [-0.05, 0) is 28.7 Å². The van der Waals surface area contributed by atoms with Gasteiger partial charge in [0.1, 0.15) is 17.9 Å². The van der Waals surface area contributed by atoms with Gasteiger partial charge < -0.3 is 24.7 Å². The van der Waals surface area contributed by atoms with Gasteiger partial charge in [0, 0.05) is 34.0 Å². The SMILES string of the molecule is COB(OC)c1ccc(C[C@H](NC(=O)[C@H](Cc2ccc(F)cc2)NC(C)=O)C(=O)OC)cc1. The fourth-order valence-corrected chi connectivity index (χ4v) is 3.33. The first-order chi connectivity index (χ1) is 15.8. The van der Waals surface area contributed by atoms with Gasteiger partial charge in [-0.2, -0.15) is 0 Å². The molecular weight excluding hydrogens is 430 g/mol. The van der Waals surface area contributed by atoms with Gasteiger partial charge in [0.2, 0.25) is 11.8 Å². The number of carbonyl (C=O) groups excluding carboxylic acids is 3. The lowest BCUT2D eigenvalue weighted by Crippen LogP contribution is -2.53. The lowest BCUT2D eigenvalue weighted by Gasteiger charge is -2.22. The topological polar surface area (TPSA) is 103 Å². The number of methoxy groups -OCH3 is 1. The molecule has 0 saturated heterocycles. The van der Waals surface area contributed by atoms with E-state index in [4.69, 9.17) is 14.0 Å². The molecule has 0 saturated carbocycles. The molecule has 10 heteroatoms. The van der Waals surface area contributed by atoms with Crippen LogP contribution in [0.2, 0.25) is 0 Å². The Morgan fingerprint density at radius 1 is 0.848 bits per heavy atom. The van der Waals surface area contributed by atoms with E-state index < -0.39 is 42.8 Å². The van der Waals surface area contributed by atoms with E-state index >= 15 is 0 Å². The number of benzene rings is 2. The number of hydrogen-bond acceptors (Lipinski definition) is 6. The van der Waals surface area contributed by atoms with Crippen molar-refractivity contribution in [3.05, 3.63) is 65.5 Å². The summed E-state index contributed by atoms with van der Waals surface area (Å²) in [5.41, 5.74) is 2.23. The summed E-state index contributed by atoms with van der Waals surface area (Å²) in [5, 5.41) is 5.24. The van der Waals surface area contributed by atoms with Crippen LogP contribution in [0.25, 0.3) is 0 Å². The molecule has 0 fully saturated rings. The number of amides is 2. The summed E-state index contributed by atoms with van der Waals surface area (Å²) in [6, 6.07) is 10.9. The summed E-state index contributed by atoms with van der Waals surface area (Å²) >= 11 is 0. The number of rotatable bonds is 11. The molecule has 0 aliphatic heterocycles. The minimum absolute atomic E-state index is 0.129. The molecule has 33 heavy (non-hydrogen) atoms. The molecule has 2 atom stereocenters. The lowest BCUT2D eigenvalue weighted by molar-refractivity contribution is -0.145. The highest BCUT2D eigenvalue weighted by atomic mass is 19.1. The van der Waals surface area contributed by atoms with Gasteiger partial charge in [-0.1, -0.05) is 36.4 Å². The van der Waals surface area contributed by atoms with E-state index in [1.165, 1.54) is 52.5 Å².